The summed E-state index contributed by atoms with van der Waals surface area (Å²) in [6.45, 7) is 0. The Hall–Kier alpha value is -1.89. The van der Waals surface area contributed by atoms with Crippen LogP contribution in [0.25, 0.3) is 0 Å². The molecular weight excluding hydrogens is 255 g/mol. The summed E-state index contributed by atoms with van der Waals surface area (Å²) >= 11 is 0. The van der Waals surface area contributed by atoms with E-state index in [1.54, 1.807) is 12.1 Å². The number of hydrogen-bond donors (Lipinski definition) is 1. The molecule has 106 valence electrons. The molecule has 1 N–H and O–H groups in total. The molecule has 0 spiro atoms. The molecule has 0 radical (unpaired) electrons. The normalized spacial score (nSPS) is 17.2. The molecular formula is C16H19FN2O. The molecule has 2 rings (SSSR count). The molecule has 1 amide bonds. The van der Waals surface area contributed by atoms with E-state index in [0.29, 0.717) is 5.56 Å². The van der Waals surface area contributed by atoms with Gasteiger partial charge in [-0.05, 0) is 30.5 Å². The van der Waals surface area contributed by atoms with Crippen LogP contribution in [0.1, 0.15) is 50.0 Å². The molecule has 1 atom stereocenters. The van der Waals surface area contributed by atoms with Crippen molar-refractivity contribution in [1.82, 2.24) is 5.32 Å². The fraction of sp³-hybridized carbons (Fsp3) is 0.500. The highest BCUT2D eigenvalue weighted by Gasteiger charge is 2.19. The van der Waals surface area contributed by atoms with Crippen LogP contribution in [0.2, 0.25) is 0 Å². The summed E-state index contributed by atoms with van der Waals surface area (Å²) in [7, 11) is 0. The fourth-order valence-corrected chi connectivity index (χ4v) is 2.65. The number of amides is 1. The molecule has 1 aromatic carbocycles. The number of hydrogen-bond acceptors (Lipinski definition) is 2. The number of benzene rings is 1. The molecule has 0 aromatic heterocycles. The van der Waals surface area contributed by atoms with Crippen LogP contribution in [0.4, 0.5) is 4.39 Å². The van der Waals surface area contributed by atoms with Crippen molar-refractivity contribution in [2.45, 2.75) is 50.5 Å². The number of nitrogens with one attached hydrogen (secondary N) is 1. The van der Waals surface area contributed by atoms with Gasteiger partial charge >= 0.3 is 0 Å². The van der Waals surface area contributed by atoms with E-state index >= 15 is 0 Å². The lowest BCUT2D eigenvalue weighted by Gasteiger charge is -2.23. The smallest absolute Gasteiger partial charge is 0.221 e. The van der Waals surface area contributed by atoms with Crippen molar-refractivity contribution in [3.05, 3.63) is 35.6 Å². The van der Waals surface area contributed by atoms with E-state index in [2.05, 4.69) is 11.4 Å². The van der Waals surface area contributed by atoms with Gasteiger partial charge in [0.25, 0.3) is 0 Å². The van der Waals surface area contributed by atoms with Gasteiger partial charge in [-0.25, -0.2) is 4.39 Å². The SMILES string of the molecule is N#CC(CC(=O)NC1CCCCC1)c1ccc(F)cc1. The molecule has 0 heterocycles. The van der Waals surface area contributed by atoms with Crippen LogP contribution in [-0.2, 0) is 4.79 Å². The van der Waals surface area contributed by atoms with Crippen LogP contribution in [0.5, 0.6) is 0 Å². The predicted octanol–water partition coefficient (Wildman–Crippen LogP) is 3.27. The first-order chi connectivity index (χ1) is 9.69. The number of nitriles is 1. The number of nitrogens with zero attached hydrogens (tertiary/aromatic N) is 1. The van der Waals surface area contributed by atoms with Gasteiger partial charge in [0.2, 0.25) is 5.91 Å². The van der Waals surface area contributed by atoms with Gasteiger partial charge in [0.15, 0.2) is 0 Å². The average Bonchev–Trinajstić information content (AvgIpc) is 2.47. The van der Waals surface area contributed by atoms with E-state index in [9.17, 15) is 14.4 Å². The second kappa shape index (κ2) is 7.04. The van der Waals surface area contributed by atoms with Crippen molar-refractivity contribution in [2.75, 3.05) is 0 Å². The van der Waals surface area contributed by atoms with E-state index in [4.69, 9.17) is 0 Å². The zero-order valence-corrected chi connectivity index (χ0v) is 11.4. The third-order valence-electron chi connectivity index (χ3n) is 3.79. The first kappa shape index (κ1) is 14.5. The summed E-state index contributed by atoms with van der Waals surface area (Å²) in [5.74, 6) is -0.941. The van der Waals surface area contributed by atoms with Crippen molar-refractivity contribution in [3.63, 3.8) is 0 Å². The van der Waals surface area contributed by atoms with E-state index in [1.807, 2.05) is 0 Å². The van der Waals surface area contributed by atoms with Gasteiger partial charge in [0.1, 0.15) is 5.82 Å². The lowest BCUT2D eigenvalue weighted by atomic mass is 9.94. The minimum Gasteiger partial charge on any atom is -0.353 e. The lowest BCUT2D eigenvalue weighted by Crippen LogP contribution is -2.36. The predicted molar refractivity (Wildman–Crippen MR) is 74.4 cm³/mol. The second-order valence-electron chi connectivity index (χ2n) is 5.34. The number of carbonyl (C=O) groups excluding carboxylic acids is 1. The Morgan fingerprint density at radius 2 is 1.95 bits per heavy atom. The van der Waals surface area contributed by atoms with Crippen molar-refractivity contribution < 1.29 is 9.18 Å². The lowest BCUT2D eigenvalue weighted by molar-refractivity contribution is -0.122. The quantitative estimate of drug-likeness (QED) is 0.916. The van der Waals surface area contributed by atoms with E-state index in [1.165, 1.54) is 18.6 Å². The second-order valence-corrected chi connectivity index (χ2v) is 5.34. The van der Waals surface area contributed by atoms with Crippen LogP contribution >= 0.6 is 0 Å². The zero-order valence-electron chi connectivity index (χ0n) is 11.4. The van der Waals surface area contributed by atoms with Gasteiger partial charge in [-0.15, -0.1) is 0 Å². The first-order valence-corrected chi connectivity index (χ1v) is 7.13. The zero-order chi connectivity index (χ0) is 14.4. The molecule has 20 heavy (non-hydrogen) atoms. The number of halogens is 1. The van der Waals surface area contributed by atoms with Crippen molar-refractivity contribution >= 4 is 5.91 Å². The van der Waals surface area contributed by atoms with E-state index < -0.39 is 5.92 Å². The Morgan fingerprint density at radius 3 is 2.55 bits per heavy atom. The molecule has 3 nitrogen and oxygen atoms in total. The highest BCUT2D eigenvalue weighted by Crippen LogP contribution is 2.21. The van der Waals surface area contributed by atoms with Crippen LogP contribution in [-0.4, -0.2) is 11.9 Å². The molecule has 1 saturated carbocycles. The highest BCUT2D eigenvalue weighted by molar-refractivity contribution is 5.77. The van der Waals surface area contributed by atoms with Gasteiger partial charge in [0.05, 0.1) is 12.0 Å². The van der Waals surface area contributed by atoms with Crippen molar-refractivity contribution in [1.29, 1.82) is 5.26 Å². The first-order valence-electron chi connectivity index (χ1n) is 7.13. The van der Waals surface area contributed by atoms with Crippen LogP contribution in [0.3, 0.4) is 0 Å². The molecule has 0 bridgehead atoms. The Labute approximate surface area is 118 Å². The maximum atomic E-state index is 12.9. The average molecular weight is 274 g/mol. The standard InChI is InChI=1S/C16H19FN2O/c17-14-8-6-12(7-9-14)13(11-18)10-16(20)19-15-4-2-1-3-5-15/h6-9,13,15H,1-5,10H2,(H,19,20). The van der Waals surface area contributed by atoms with E-state index in [0.717, 1.165) is 25.7 Å². The molecule has 1 unspecified atom stereocenters. The molecule has 1 aliphatic rings. The molecule has 1 fully saturated rings. The highest BCUT2D eigenvalue weighted by atomic mass is 19.1. The third-order valence-corrected chi connectivity index (χ3v) is 3.79. The fourth-order valence-electron chi connectivity index (χ4n) is 2.65. The van der Waals surface area contributed by atoms with Crippen LogP contribution in [0.15, 0.2) is 24.3 Å². The number of carbonyl (C=O) groups is 1. The summed E-state index contributed by atoms with van der Waals surface area (Å²) in [6, 6.07) is 8.15. The Bertz CT molecular complexity index is 486. The summed E-state index contributed by atoms with van der Waals surface area (Å²) in [6.07, 6.45) is 5.75. The van der Waals surface area contributed by atoms with Gasteiger partial charge in [-0.1, -0.05) is 31.4 Å². The van der Waals surface area contributed by atoms with Gasteiger partial charge in [0, 0.05) is 12.5 Å². The topological polar surface area (TPSA) is 52.9 Å². The molecule has 1 aliphatic carbocycles. The van der Waals surface area contributed by atoms with Crippen LogP contribution < -0.4 is 5.32 Å². The summed E-state index contributed by atoms with van der Waals surface area (Å²) in [5, 5.41) is 12.2. The van der Waals surface area contributed by atoms with Gasteiger partial charge < -0.3 is 5.32 Å². The Kier molecular flexibility index (Phi) is 5.11. The Balaban J connectivity index is 1.90. The molecule has 1 aromatic rings. The maximum absolute atomic E-state index is 12.9. The maximum Gasteiger partial charge on any atom is 0.221 e. The largest absolute Gasteiger partial charge is 0.353 e. The van der Waals surface area contributed by atoms with Crippen molar-refractivity contribution in [2.24, 2.45) is 0 Å². The van der Waals surface area contributed by atoms with Gasteiger partial charge in [-0.2, -0.15) is 5.26 Å². The molecule has 0 aliphatic heterocycles. The van der Waals surface area contributed by atoms with Crippen molar-refractivity contribution in [3.8, 4) is 6.07 Å². The minimum atomic E-state index is -0.515. The molecule has 4 heteroatoms. The Morgan fingerprint density at radius 1 is 1.30 bits per heavy atom. The number of rotatable bonds is 4. The van der Waals surface area contributed by atoms with E-state index in [-0.39, 0.29) is 24.2 Å². The van der Waals surface area contributed by atoms with Gasteiger partial charge in [-0.3, -0.25) is 4.79 Å². The summed E-state index contributed by atoms with van der Waals surface area (Å²) in [5.41, 5.74) is 0.688. The summed E-state index contributed by atoms with van der Waals surface area (Å²) < 4.78 is 12.9. The van der Waals surface area contributed by atoms with Crippen LogP contribution in [0, 0.1) is 17.1 Å². The minimum absolute atomic E-state index is 0.0900. The molecule has 0 saturated heterocycles. The summed E-state index contributed by atoms with van der Waals surface area (Å²) in [4.78, 5) is 12.0. The monoisotopic (exact) mass is 274 g/mol. The third kappa shape index (κ3) is 4.06.